The molecule has 2 rings (SSSR count). The van der Waals surface area contributed by atoms with Crippen molar-refractivity contribution in [1.82, 2.24) is 10.2 Å². The van der Waals surface area contributed by atoms with Crippen molar-refractivity contribution < 1.29 is 19.1 Å². The van der Waals surface area contributed by atoms with Crippen molar-refractivity contribution in [2.75, 3.05) is 20.3 Å². The Hall–Kier alpha value is -3.02. The number of amides is 2. The Morgan fingerprint density at radius 3 is 2.12 bits per heavy atom. The number of methoxy groups -OCH3 is 1. The number of benzene rings is 2. The molecule has 0 fully saturated rings. The van der Waals surface area contributed by atoms with Gasteiger partial charge in [-0.2, -0.15) is 0 Å². The van der Waals surface area contributed by atoms with Gasteiger partial charge in [0.1, 0.15) is 17.5 Å². The fourth-order valence-corrected chi connectivity index (χ4v) is 3.40. The molecule has 6 nitrogen and oxygen atoms in total. The van der Waals surface area contributed by atoms with Crippen LogP contribution < -0.4 is 14.8 Å². The van der Waals surface area contributed by atoms with Crippen LogP contribution in [-0.4, -0.2) is 43.0 Å². The second-order valence-corrected chi connectivity index (χ2v) is 7.72. The first-order valence-electron chi connectivity index (χ1n) is 11.4. The third-order valence-corrected chi connectivity index (χ3v) is 5.42. The highest BCUT2D eigenvalue weighted by Crippen LogP contribution is 2.17. The molecule has 0 aliphatic heterocycles. The number of carbonyl (C=O) groups is 2. The van der Waals surface area contributed by atoms with Crippen LogP contribution in [0.2, 0.25) is 0 Å². The van der Waals surface area contributed by atoms with Crippen molar-refractivity contribution in [2.24, 2.45) is 0 Å². The number of aryl methyl sites for hydroxylation is 1. The van der Waals surface area contributed by atoms with Gasteiger partial charge < -0.3 is 19.7 Å². The van der Waals surface area contributed by atoms with Crippen LogP contribution in [0.4, 0.5) is 0 Å². The average molecular weight is 441 g/mol. The maximum absolute atomic E-state index is 13.2. The molecule has 0 saturated heterocycles. The van der Waals surface area contributed by atoms with Gasteiger partial charge >= 0.3 is 0 Å². The highest BCUT2D eigenvalue weighted by Gasteiger charge is 2.28. The molecule has 32 heavy (non-hydrogen) atoms. The number of hydrogen-bond donors (Lipinski definition) is 1. The predicted molar refractivity (Wildman–Crippen MR) is 127 cm³/mol. The highest BCUT2D eigenvalue weighted by atomic mass is 16.5. The van der Waals surface area contributed by atoms with Crippen LogP contribution in [0.15, 0.2) is 48.5 Å². The number of ether oxygens (including phenoxy) is 2. The van der Waals surface area contributed by atoms with Gasteiger partial charge in [-0.1, -0.05) is 51.5 Å². The summed E-state index contributed by atoms with van der Waals surface area (Å²) in [6.45, 7) is 6.89. The zero-order valence-electron chi connectivity index (χ0n) is 19.7. The van der Waals surface area contributed by atoms with E-state index in [-0.39, 0.29) is 18.4 Å². The first-order valence-corrected chi connectivity index (χ1v) is 11.4. The minimum atomic E-state index is -0.562. The van der Waals surface area contributed by atoms with E-state index < -0.39 is 6.04 Å². The fraction of sp³-hybridized carbons (Fsp3) is 0.462. The monoisotopic (exact) mass is 440 g/mol. The van der Waals surface area contributed by atoms with E-state index >= 15 is 0 Å². The number of nitrogens with one attached hydrogen (secondary N) is 1. The molecule has 2 aromatic rings. The van der Waals surface area contributed by atoms with Crippen LogP contribution in [-0.2, 0) is 22.6 Å². The molecule has 6 heteroatoms. The molecule has 0 aliphatic carbocycles. The average Bonchev–Trinajstić information content (AvgIpc) is 2.83. The summed E-state index contributed by atoms with van der Waals surface area (Å²) < 4.78 is 11.0. The Morgan fingerprint density at radius 1 is 0.938 bits per heavy atom. The zero-order valence-corrected chi connectivity index (χ0v) is 19.7. The van der Waals surface area contributed by atoms with Crippen molar-refractivity contribution in [1.29, 1.82) is 0 Å². The van der Waals surface area contributed by atoms with E-state index in [9.17, 15) is 9.59 Å². The Labute approximate surface area is 191 Å². The summed E-state index contributed by atoms with van der Waals surface area (Å²) in [5, 5.41) is 2.97. The van der Waals surface area contributed by atoms with Crippen LogP contribution in [0.25, 0.3) is 0 Å². The van der Waals surface area contributed by atoms with E-state index in [1.54, 1.807) is 12.0 Å². The maximum Gasteiger partial charge on any atom is 0.261 e. The maximum atomic E-state index is 13.2. The van der Waals surface area contributed by atoms with Crippen molar-refractivity contribution in [2.45, 2.75) is 59.0 Å². The third-order valence-electron chi connectivity index (χ3n) is 5.42. The summed E-state index contributed by atoms with van der Waals surface area (Å²) in [5.74, 6) is 1.03. The molecule has 1 N–H and O–H groups in total. The number of carbonyl (C=O) groups excluding carboxylic acids is 2. The van der Waals surface area contributed by atoms with E-state index in [4.69, 9.17) is 9.47 Å². The lowest BCUT2D eigenvalue weighted by Crippen LogP contribution is -2.50. The van der Waals surface area contributed by atoms with Gasteiger partial charge in [0, 0.05) is 13.1 Å². The van der Waals surface area contributed by atoms with Gasteiger partial charge in [-0.25, -0.2) is 0 Å². The van der Waals surface area contributed by atoms with Crippen LogP contribution in [0.3, 0.4) is 0 Å². The molecular weight excluding hydrogens is 404 g/mol. The molecular formula is C26H36N2O4. The molecule has 0 radical (unpaired) electrons. The van der Waals surface area contributed by atoms with Gasteiger partial charge in [0.15, 0.2) is 6.61 Å². The fourth-order valence-electron chi connectivity index (χ4n) is 3.40. The van der Waals surface area contributed by atoms with Gasteiger partial charge in [-0.3, -0.25) is 9.59 Å². The van der Waals surface area contributed by atoms with Crippen LogP contribution in [0.5, 0.6) is 11.5 Å². The quantitative estimate of drug-likeness (QED) is 0.470. The van der Waals surface area contributed by atoms with Crippen LogP contribution in [0.1, 0.15) is 51.2 Å². The number of nitrogens with zero attached hydrogens (tertiary/aromatic N) is 1. The normalized spacial score (nSPS) is 11.5. The summed E-state index contributed by atoms with van der Waals surface area (Å²) in [6, 6.07) is 14.7. The SMILES string of the molecule is CCCCNC(=O)[C@@H](CC)N(Cc1ccc(OC)cc1)C(=O)COc1ccc(CC)cc1. The molecule has 0 aromatic heterocycles. The number of hydrogen-bond acceptors (Lipinski definition) is 4. The van der Waals surface area contributed by atoms with Crippen molar-refractivity contribution in [3.05, 3.63) is 59.7 Å². The first kappa shape index (κ1) is 25.2. The Kier molecular flexibility index (Phi) is 10.6. The minimum Gasteiger partial charge on any atom is -0.497 e. The highest BCUT2D eigenvalue weighted by molar-refractivity contribution is 5.88. The molecule has 2 amide bonds. The lowest BCUT2D eigenvalue weighted by molar-refractivity contribution is -0.143. The Balaban J connectivity index is 2.15. The van der Waals surface area contributed by atoms with E-state index in [1.165, 1.54) is 5.56 Å². The molecule has 1 atom stereocenters. The predicted octanol–water partition coefficient (Wildman–Crippen LogP) is 4.36. The zero-order chi connectivity index (χ0) is 23.3. The molecule has 0 heterocycles. The van der Waals surface area contributed by atoms with Gasteiger partial charge in [0.25, 0.3) is 5.91 Å². The topological polar surface area (TPSA) is 67.9 Å². The number of unbranched alkanes of at least 4 members (excludes halogenated alkanes) is 1. The van der Waals surface area contributed by atoms with Crippen molar-refractivity contribution >= 4 is 11.8 Å². The van der Waals surface area contributed by atoms with Crippen LogP contribution in [0, 0.1) is 0 Å². The summed E-state index contributed by atoms with van der Waals surface area (Å²) in [7, 11) is 1.61. The molecule has 0 unspecified atom stereocenters. The van der Waals surface area contributed by atoms with Crippen LogP contribution >= 0.6 is 0 Å². The van der Waals surface area contributed by atoms with Gasteiger partial charge in [0.05, 0.1) is 7.11 Å². The van der Waals surface area contributed by atoms with E-state index in [2.05, 4.69) is 19.2 Å². The Morgan fingerprint density at radius 2 is 1.56 bits per heavy atom. The lowest BCUT2D eigenvalue weighted by Gasteiger charge is -2.30. The largest absolute Gasteiger partial charge is 0.497 e. The van der Waals surface area contributed by atoms with Gasteiger partial charge in [-0.05, 0) is 54.7 Å². The van der Waals surface area contributed by atoms with E-state index in [0.717, 1.165) is 30.6 Å². The molecule has 174 valence electrons. The standard InChI is InChI=1S/C26H36N2O4/c1-5-8-17-27-26(30)24(7-3)28(18-21-11-13-22(31-4)14-12-21)25(29)19-32-23-15-9-20(6-2)10-16-23/h9-16,24H,5-8,17-19H2,1-4H3,(H,27,30)/t24-/m1/s1. The van der Waals surface area contributed by atoms with Crippen molar-refractivity contribution in [3.8, 4) is 11.5 Å². The molecule has 0 bridgehead atoms. The minimum absolute atomic E-state index is 0.125. The molecule has 0 saturated carbocycles. The van der Waals surface area contributed by atoms with Crippen molar-refractivity contribution in [3.63, 3.8) is 0 Å². The smallest absolute Gasteiger partial charge is 0.261 e. The summed E-state index contributed by atoms with van der Waals surface area (Å²) in [5.41, 5.74) is 2.13. The van der Waals surface area contributed by atoms with Gasteiger partial charge in [-0.15, -0.1) is 0 Å². The second kappa shape index (κ2) is 13.4. The second-order valence-electron chi connectivity index (χ2n) is 7.72. The summed E-state index contributed by atoms with van der Waals surface area (Å²) >= 11 is 0. The molecule has 2 aromatic carbocycles. The molecule has 0 spiro atoms. The Bertz CT molecular complexity index is 834. The number of rotatable bonds is 13. The summed E-state index contributed by atoms with van der Waals surface area (Å²) in [6.07, 6.45) is 3.37. The lowest BCUT2D eigenvalue weighted by atomic mass is 10.1. The van der Waals surface area contributed by atoms with E-state index in [0.29, 0.717) is 25.3 Å². The first-order chi connectivity index (χ1) is 15.5. The third kappa shape index (κ3) is 7.59. The summed E-state index contributed by atoms with van der Waals surface area (Å²) in [4.78, 5) is 27.7. The van der Waals surface area contributed by atoms with Gasteiger partial charge in [0.2, 0.25) is 5.91 Å². The van der Waals surface area contributed by atoms with E-state index in [1.807, 2.05) is 55.5 Å². The molecule has 0 aliphatic rings.